The molecule has 1 aromatic rings. The van der Waals surface area contributed by atoms with Gasteiger partial charge >= 0.3 is 0 Å². The highest BCUT2D eigenvalue weighted by Gasteiger charge is 2.15. The van der Waals surface area contributed by atoms with Gasteiger partial charge in [0.2, 0.25) is 0 Å². The minimum Gasteiger partial charge on any atom is -0.381 e. The van der Waals surface area contributed by atoms with Crippen molar-refractivity contribution in [3.8, 4) is 0 Å². The van der Waals surface area contributed by atoms with E-state index in [2.05, 4.69) is 33.2 Å². The first-order valence-electron chi connectivity index (χ1n) is 5.70. The van der Waals surface area contributed by atoms with E-state index >= 15 is 0 Å². The van der Waals surface area contributed by atoms with Crippen molar-refractivity contribution in [2.45, 2.75) is 19.8 Å². The molecule has 0 radical (unpaired) electrons. The molecular weight excluding hydrogens is 268 g/mol. The Morgan fingerprint density at radius 2 is 2.50 bits per heavy atom. The maximum absolute atomic E-state index is 5.35. The molecule has 1 fully saturated rings. The maximum Gasteiger partial charge on any atom is 0.140 e. The van der Waals surface area contributed by atoms with Gasteiger partial charge in [-0.3, -0.25) is 0 Å². The van der Waals surface area contributed by atoms with Gasteiger partial charge in [0.15, 0.2) is 0 Å². The normalized spacial score (nSPS) is 20.0. The van der Waals surface area contributed by atoms with E-state index in [1.165, 1.54) is 12.0 Å². The molecule has 1 atom stereocenters. The standard InChI is InChI=1S/C12H17BrN2O/c1-9-2-5-14-12(11(9)13)15-6-3-10-4-7-16-8-10/h2,5,10H,3-4,6-8H2,1H3,(H,14,15). The molecule has 4 heteroatoms. The zero-order chi connectivity index (χ0) is 11.4. The van der Waals surface area contributed by atoms with Crippen LogP contribution in [-0.2, 0) is 4.74 Å². The summed E-state index contributed by atoms with van der Waals surface area (Å²) in [6, 6.07) is 2.00. The largest absolute Gasteiger partial charge is 0.381 e. The van der Waals surface area contributed by atoms with Gasteiger partial charge in [0.1, 0.15) is 5.82 Å². The van der Waals surface area contributed by atoms with Gasteiger partial charge in [-0.05, 0) is 53.2 Å². The number of aromatic nitrogens is 1. The third kappa shape index (κ3) is 2.95. The minimum atomic E-state index is 0.719. The van der Waals surface area contributed by atoms with E-state index in [9.17, 15) is 0 Å². The molecule has 0 spiro atoms. The van der Waals surface area contributed by atoms with Crippen LogP contribution in [0.5, 0.6) is 0 Å². The number of ether oxygens (including phenoxy) is 1. The van der Waals surface area contributed by atoms with Crippen LogP contribution in [0, 0.1) is 12.8 Å². The Morgan fingerprint density at radius 3 is 3.25 bits per heavy atom. The number of hydrogen-bond donors (Lipinski definition) is 1. The summed E-state index contributed by atoms with van der Waals surface area (Å²) in [4.78, 5) is 4.31. The lowest BCUT2D eigenvalue weighted by Gasteiger charge is -2.11. The summed E-state index contributed by atoms with van der Waals surface area (Å²) in [6.07, 6.45) is 4.19. The van der Waals surface area contributed by atoms with Crippen LogP contribution >= 0.6 is 15.9 Å². The topological polar surface area (TPSA) is 34.2 Å². The second-order valence-electron chi connectivity index (χ2n) is 4.24. The van der Waals surface area contributed by atoms with Crippen LogP contribution in [0.15, 0.2) is 16.7 Å². The summed E-state index contributed by atoms with van der Waals surface area (Å²) in [5.41, 5.74) is 1.21. The molecule has 16 heavy (non-hydrogen) atoms. The van der Waals surface area contributed by atoms with Crippen LogP contribution in [0.4, 0.5) is 5.82 Å². The first-order valence-corrected chi connectivity index (χ1v) is 6.49. The number of nitrogens with one attached hydrogen (secondary N) is 1. The van der Waals surface area contributed by atoms with Crippen LogP contribution in [0.1, 0.15) is 18.4 Å². The fourth-order valence-electron chi connectivity index (χ4n) is 1.87. The Kier molecular flexibility index (Phi) is 4.18. The van der Waals surface area contributed by atoms with Crippen molar-refractivity contribution in [3.05, 3.63) is 22.3 Å². The van der Waals surface area contributed by atoms with Gasteiger partial charge in [0.05, 0.1) is 4.47 Å². The fourth-order valence-corrected chi connectivity index (χ4v) is 2.24. The van der Waals surface area contributed by atoms with Crippen molar-refractivity contribution in [2.75, 3.05) is 25.1 Å². The summed E-state index contributed by atoms with van der Waals surface area (Å²) in [5, 5.41) is 3.37. The molecule has 1 aliphatic heterocycles. The summed E-state index contributed by atoms with van der Waals surface area (Å²) >= 11 is 3.54. The fraction of sp³-hybridized carbons (Fsp3) is 0.583. The van der Waals surface area contributed by atoms with Crippen LogP contribution in [0.3, 0.4) is 0 Å². The number of aryl methyl sites for hydroxylation is 1. The smallest absolute Gasteiger partial charge is 0.140 e. The molecule has 1 saturated heterocycles. The Hall–Kier alpha value is -0.610. The zero-order valence-corrected chi connectivity index (χ0v) is 11.1. The Balaban J connectivity index is 1.82. The molecule has 0 bridgehead atoms. The number of rotatable bonds is 4. The first-order chi connectivity index (χ1) is 7.77. The van der Waals surface area contributed by atoms with Crippen LogP contribution < -0.4 is 5.32 Å². The molecule has 1 N–H and O–H groups in total. The van der Waals surface area contributed by atoms with Gasteiger partial charge in [-0.25, -0.2) is 4.98 Å². The Morgan fingerprint density at radius 1 is 1.62 bits per heavy atom. The number of halogens is 1. The van der Waals surface area contributed by atoms with Gasteiger partial charge in [0.25, 0.3) is 0 Å². The van der Waals surface area contributed by atoms with E-state index in [4.69, 9.17) is 4.74 Å². The lowest BCUT2D eigenvalue weighted by Crippen LogP contribution is -2.10. The van der Waals surface area contributed by atoms with Crippen molar-refractivity contribution in [1.29, 1.82) is 0 Å². The molecular formula is C12H17BrN2O. The van der Waals surface area contributed by atoms with E-state index in [1.807, 2.05) is 12.3 Å². The molecule has 1 unspecified atom stereocenters. The molecule has 0 aromatic carbocycles. The third-order valence-corrected chi connectivity index (χ3v) is 3.95. The highest BCUT2D eigenvalue weighted by atomic mass is 79.9. The second kappa shape index (κ2) is 5.64. The lowest BCUT2D eigenvalue weighted by atomic mass is 10.1. The molecule has 0 saturated carbocycles. The van der Waals surface area contributed by atoms with Gasteiger partial charge in [-0.2, -0.15) is 0 Å². The minimum absolute atomic E-state index is 0.719. The van der Waals surface area contributed by atoms with Crippen molar-refractivity contribution in [2.24, 2.45) is 5.92 Å². The van der Waals surface area contributed by atoms with Gasteiger partial charge in [0, 0.05) is 26.0 Å². The summed E-state index contributed by atoms with van der Waals surface area (Å²) in [5.74, 6) is 1.66. The average Bonchev–Trinajstić information content (AvgIpc) is 2.77. The molecule has 88 valence electrons. The van der Waals surface area contributed by atoms with Crippen LogP contribution in [0.25, 0.3) is 0 Å². The number of pyridine rings is 1. The van der Waals surface area contributed by atoms with E-state index in [0.29, 0.717) is 0 Å². The van der Waals surface area contributed by atoms with Crippen molar-refractivity contribution >= 4 is 21.7 Å². The maximum atomic E-state index is 5.35. The van der Waals surface area contributed by atoms with Crippen molar-refractivity contribution in [1.82, 2.24) is 4.98 Å². The molecule has 0 aliphatic carbocycles. The molecule has 2 heterocycles. The lowest BCUT2D eigenvalue weighted by molar-refractivity contribution is 0.185. The second-order valence-corrected chi connectivity index (χ2v) is 5.03. The van der Waals surface area contributed by atoms with Gasteiger partial charge in [-0.1, -0.05) is 0 Å². The van der Waals surface area contributed by atoms with Crippen LogP contribution in [-0.4, -0.2) is 24.7 Å². The predicted molar refractivity (Wildman–Crippen MR) is 68.7 cm³/mol. The molecule has 0 amide bonds. The van der Waals surface area contributed by atoms with E-state index < -0.39 is 0 Å². The number of nitrogens with zero attached hydrogens (tertiary/aromatic N) is 1. The molecule has 1 aliphatic rings. The number of hydrogen-bond acceptors (Lipinski definition) is 3. The van der Waals surface area contributed by atoms with E-state index in [0.717, 1.165) is 42.4 Å². The highest BCUT2D eigenvalue weighted by Crippen LogP contribution is 2.23. The third-order valence-electron chi connectivity index (χ3n) is 2.95. The Labute approximate surface area is 105 Å². The van der Waals surface area contributed by atoms with Crippen LogP contribution in [0.2, 0.25) is 0 Å². The molecule has 3 nitrogen and oxygen atoms in total. The summed E-state index contributed by atoms with van der Waals surface area (Å²) in [6.45, 7) is 4.88. The number of anilines is 1. The van der Waals surface area contributed by atoms with Gasteiger partial charge in [-0.15, -0.1) is 0 Å². The highest BCUT2D eigenvalue weighted by molar-refractivity contribution is 9.10. The summed E-state index contributed by atoms with van der Waals surface area (Å²) < 4.78 is 6.42. The molecule has 1 aromatic heterocycles. The SMILES string of the molecule is Cc1ccnc(NCCC2CCOC2)c1Br. The monoisotopic (exact) mass is 284 g/mol. The quantitative estimate of drug-likeness (QED) is 0.923. The zero-order valence-electron chi connectivity index (χ0n) is 9.50. The molecule has 2 rings (SSSR count). The van der Waals surface area contributed by atoms with Gasteiger partial charge < -0.3 is 10.1 Å². The van der Waals surface area contributed by atoms with Crippen molar-refractivity contribution < 1.29 is 4.74 Å². The first kappa shape index (κ1) is 11.9. The Bertz CT molecular complexity index is 351. The predicted octanol–water partition coefficient (Wildman–Crippen LogP) is 2.99. The van der Waals surface area contributed by atoms with E-state index in [-0.39, 0.29) is 0 Å². The van der Waals surface area contributed by atoms with E-state index in [1.54, 1.807) is 0 Å². The average molecular weight is 285 g/mol. The summed E-state index contributed by atoms with van der Waals surface area (Å²) in [7, 11) is 0. The van der Waals surface area contributed by atoms with Crippen molar-refractivity contribution in [3.63, 3.8) is 0 Å².